The lowest BCUT2D eigenvalue weighted by molar-refractivity contribution is -0.132. The second-order valence-corrected chi connectivity index (χ2v) is 5.84. The Kier molecular flexibility index (Phi) is 6.62. The molecule has 0 spiro atoms. The van der Waals surface area contributed by atoms with E-state index in [0.29, 0.717) is 23.3 Å². The molecule has 1 aliphatic carbocycles. The molecule has 3 atom stereocenters. The summed E-state index contributed by atoms with van der Waals surface area (Å²) in [5.74, 6) is 0.244. The molecule has 1 saturated carbocycles. The van der Waals surface area contributed by atoms with Crippen molar-refractivity contribution >= 4 is 11.9 Å². The molecular formula is C16H25NO4. The summed E-state index contributed by atoms with van der Waals surface area (Å²) in [6.07, 6.45) is 5.12. The first kappa shape index (κ1) is 17.4. The molecule has 1 amide bonds. The van der Waals surface area contributed by atoms with Gasteiger partial charge in [-0.3, -0.25) is 9.63 Å². The number of carbonyl (C=O) groups is 2. The molecule has 2 N–H and O–H groups in total. The first-order valence-corrected chi connectivity index (χ1v) is 7.36. The van der Waals surface area contributed by atoms with Crippen molar-refractivity contribution in [1.82, 2.24) is 5.48 Å². The van der Waals surface area contributed by atoms with Gasteiger partial charge in [0.05, 0.1) is 5.57 Å². The Hall–Kier alpha value is -1.62. The van der Waals surface area contributed by atoms with E-state index in [1.807, 2.05) is 0 Å². The van der Waals surface area contributed by atoms with Gasteiger partial charge in [0.25, 0.3) is 0 Å². The Morgan fingerprint density at radius 1 is 1.52 bits per heavy atom. The van der Waals surface area contributed by atoms with Gasteiger partial charge in [-0.2, -0.15) is 0 Å². The second-order valence-electron chi connectivity index (χ2n) is 5.84. The molecule has 0 aliphatic heterocycles. The van der Waals surface area contributed by atoms with Crippen LogP contribution >= 0.6 is 0 Å². The first-order chi connectivity index (χ1) is 9.85. The van der Waals surface area contributed by atoms with Crippen LogP contribution in [-0.2, 0) is 14.4 Å². The summed E-state index contributed by atoms with van der Waals surface area (Å²) in [5, 5.41) is 9.27. The minimum atomic E-state index is -0.999. The number of carboxylic acid groups (broad SMARTS) is 1. The fraction of sp³-hybridized carbons (Fsp3) is 0.625. The van der Waals surface area contributed by atoms with E-state index >= 15 is 0 Å². The second kappa shape index (κ2) is 7.98. The van der Waals surface area contributed by atoms with Crippen LogP contribution in [0.25, 0.3) is 0 Å². The number of nitrogens with one attached hydrogen (secondary N) is 1. The number of amides is 1. The molecule has 0 aromatic carbocycles. The van der Waals surface area contributed by atoms with Crippen LogP contribution in [-0.4, -0.2) is 23.6 Å². The van der Waals surface area contributed by atoms with Crippen molar-refractivity contribution in [3.05, 3.63) is 23.8 Å². The van der Waals surface area contributed by atoms with E-state index in [9.17, 15) is 14.7 Å². The van der Waals surface area contributed by atoms with Crippen molar-refractivity contribution in [2.45, 2.75) is 40.0 Å². The lowest BCUT2D eigenvalue weighted by Crippen LogP contribution is -2.22. The van der Waals surface area contributed by atoms with Crippen LogP contribution in [0.4, 0.5) is 0 Å². The molecule has 0 bridgehead atoms. The predicted octanol–water partition coefficient (Wildman–Crippen LogP) is 2.69. The van der Waals surface area contributed by atoms with E-state index in [1.54, 1.807) is 6.08 Å². The summed E-state index contributed by atoms with van der Waals surface area (Å²) < 4.78 is 0. The molecule has 0 saturated heterocycles. The van der Waals surface area contributed by atoms with Crippen LogP contribution in [0.5, 0.6) is 0 Å². The maximum Gasteiger partial charge on any atom is 0.335 e. The molecule has 0 heterocycles. The topological polar surface area (TPSA) is 75.6 Å². The van der Waals surface area contributed by atoms with E-state index in [4.69, 9.17) is 4.84 Å². The Bertz CT molecular complexity index is 442. The minimum absolute atomic E-state index is 0.0273. The van der Waals surface area contributed by atoms with Gasteiger partial charge in [0.15, 0.2) is 0 Å². The van der Waals surface area contributed by atoms with E-state index in [0.717, 1.165) is 19.3 Å². The van der Waals surface area contributed by atoms with Gasteiger partial charge in [-0.05, 0) is 36.2 Å². The molecule has 5 heteroatoms. The van der Waals surface area contributed by atoms with Gasteiger partial charge in [0.1, 0.15) is 6.61 Å². The van der Waals surface area contributed by atoms with Crippen molar-refractivity contribution < 1.29 is 19.5 Å². The number of aliphatic carboxylic acids is 1. The largest absolute Gasteiger partial charge is 0.478 e. The van der Waals surface area contributed by atoms with Crippen LogP contribution in [0.3, 0.4) is 0 Å². The van der Waals surface area contributed by atoms with Gasteiger partial charge in [-0.25, -0.2) is 10.3 Å². The molecule has 0 aromatic heterocycles. The third-order valence-corrected chi connectivity index (χ3v) is 3.83. The van der Waals surface area contributed by atoms with E-state index in [1.165, 1.54) is 6.92 Å². The summed E-state index contributed by atoms with van der Waals surface area (Å²) in [7, 11) is 0. The maximum atomic E-state index is 11.3. The number of carbonyl (C=O) groups excluding carboxylic acids is 1. The normalized spacial score (nSPS) is 22.5. The van der Waals surface area contributed by atoms with E-state index < -0.39 is 5.97 Å². The standard InChI is InChI=1S/C16H25NO4/c1-5-10(2)6-13-7-14(13)8-15(16(19)20)11(3)9-21-17-12(4)18/h8,10,13-14H,3,5-7,9H2,1-2,4H3,(H,17,18)(H,19,20)/b15-8+/t10?,13?,14-/m1/s1. The van der Waals surface area contributed by atoms with Crippen molar-refractivity contribution in [3.63, 3.8) is 0 Å². The summed E-state index contributed by atoms with van der Waals surface area (Å²) in [6.45, 7) is 9.41. The zero-order chi connectivity index (χ0) is 16.0. The Balaban J connectivity index is 2.54. The molecule has 2 unspecified atom stereocenters. The van der Waals surface area contributed by atoms with Crippen molar-refractivity contribution in [2.24, 2.45) is 17.8 Å². The monoisotopic (exact) mass is 295 g/mol. The smallest absolute Gasteiger partial charge is 0.335 e. The fourth-order valence-corrected chi connectivity index (χ4v) is 2.29. The maximum absolute atomic E-state index is 11.3. The summed E-state index contributed by atoms with van der Waals surface area (Å²) in [5.41, 5.74) is 2.72. The molecule has 5 nitrogen and oxygen atoms in total. The Labute approximate surface area is 126 Å². The SMILES string of the molecule is C=C(CONC(C)=O)/C(=C\[C@H]1CC1CC(C)CC)C(=O)O. The molecule has 1 rings (SSSR count). The third kappa shape index (κ3) is 6.12. The number of allylic oxidation sites excluding steroid dienone is 1. The summed E-state index contributed by atoms with van der Waals surface area (Å²) >= 11 is 0. The molecular weight excluding hydrogens is 270 g/mol. The van der Waals surface area contributed by atoms with Gasteiger partial charge in [0.2, 0.25) is 5.91 Å². The van der Waals surface area contributed by atoms with Crippen LogP contribution in [0.15, 0.2) is 23.8 Å². The van der Waals surface area contributed by atoms with Crippen molar-refractivity contribution in [2.75, 3.05) is 6.61 Å². The first-order valence-electron chi connectivity index (χ1n) is 7.36. The molecule has 0 radical (unpaired) electrons. The predicted molar refractivity (Wildman–Crippen MR) is 80.3 cm³/mol. The Morgan fingerprint density at radius 2 is 2.19 bits per heavy atom. The van der Waals surface area contributed by atoms with Crippen LogP contribution < -0.4 is 5.48 Å². The average molecular weight is 295 g/mol. The minimum Gasteiger partial charge on any atom is -0.478 e. The summed E-state index contributed by atoms with van der Waals surface area (Å²) in [6, 6.07) is 0. The van der Waals surface area contributed by atoms with Crippen molar-refractivity contribution in [1.29, 1.82) is 0 Å². The molecule has 1 aliphatic rings. The number of carboxylic acids is 1. The number of hydrogen-bond acceptors (Lipinski definition) is 3. The zero-order valence-electron chi connectivity index (χ0n) is 13.0. The average Bonchev–Trinajstić information content (AvgIpc) is 3.12. The number of hydrogen-bond donors (Lipinski definition) is 2. The van der Waals surface area contributed by atoms with Gasteiger partial charge in [-0.1, -0.05) is 32.9 Å². The highest BCUT2D eigenvalue weighted by Crippen LogP contribution is 2.45. The molecule has 21 heavy (non-hydrogen) atoms. The van der Waals surface area contributed by atoms with Gasteiger partial charge in [-0.15, -0.1) is 0 Å². The molecule has 0 aromatic rings. The van der Waals surface area contributed by atoms with Gasteiger partial charge >= 0.3 is 5.97 Å². The van der Waals surface area contributed by atoms with Crippen LogP contribution in [0.2, 0.25) is 0 Å². The third-order valence-electron chi connectivity index (χ3n) is 3.83. The van der Waals surface area contributed by atoms with Crippen LogP contribution in [0, 0.1) is 17.8 Å². The fourth-order valence-electron chi connectivity index (χ4n) is 2.29. The highest BCUT2D eigenvalue weighted by molar-refractivity contribution is 5.91. The number of hydroxylamine groups is 1. The van der Waals surface area contributed by atoms with Gasteiger partial charge < -0.3 is 5.11 Å². The zero-order valence-corrected chi connectivity index (χ0v) is 13.0. The lowest BCUT2D eigenvalue weighted by Gasteiger charge is -2.09. The molecule has 1 fully saturated rings. The van der Waals surface area contributed by atoms with E-state index in [2.05, 4.69) is 25.9 Å². The van der Waals surface area contributed by atoms with Gasteiger partial charge in [0, 0.05) is 6.92 Å². The highest BCUT2D eigenvalue weighted by Gasteiger charge is 2.36. The quantitative estimate of drug-likeness (QED) is 0.389. The number of rotatable bonds is 9. The molecule has 118 valence electrons. The lowest BCUT2D eigenvalue weighted by atomic mass is 9.99. The Morgan fingerprint density at radius 3 is 2.71 bits per heavy atom. The van der Waals surface area contributed by atoms with Crippen LogP contribution in [0.1, 0.15) is 40.0 Å². The highest BCUT2D eigenvalue weighted by atomic mass is 16.6. The summed E-state index contributed by atoms with van der Waals surface area (Å²) in [4.78, 5) is 26.9. The van der Waals surface area contributed by atoms with E-state index in [-0.39, 0.29) is 18.1 Å². The van der Waals surface area contributed by atoms with Crippen molar-refractivity contribution in [3.8, 4) is 0 Å².